The number of halogens is 1. The number of amidine groups is 1. The van der Waals surface area contributed by atoms with E-state index in [0.29, 0.717) is 11.4 Å². The number of anilines is 2. The minimum absolute atomic E-state index is 0.241. The first kappa shape index (κ1) is 13.3. The molecule has 5 heteroatoms. The molecule has 2 N–H and O–H groups in total. The summed E-state index contributed by atoms with van der Waals surface area (Å²) in [4.78, 5) is 6.93. The molecule has 0 amide bonds. The van der Waals surface area contributed by atoms with Gasteiger partial charge in [0.05, 0.1) is 22.6 Å². The average Bonchev–Trinajstić information content (AvgIpc) is 2.73. The summed E-state index contributed by atoms with van der Waals surface area (Å²) in [5, 5.41) is 6.64. The molecule has 0 spiro atoms. The van der Waals surface area contributed by atoms with E-state index >= 15 is 0 Å². The van der Waals surface area contributed by atoms with Crippen molar-refractivity contribution in [3.63, 3.8) is 0 Å². The molecule has 4 nitrogen and oxygen atoms in total. The lowest BCUT2D eigenvalue weighted by Gasteiger charge is -2.30. The third-order valence-corrected chi connectivity index (χ3v) is 4.05. The zero-order chi connectivity index (χ0) is 14.9. The number of fused-ring (bicyclic) bond motifs is 2. The van der Waals surface area contributed by atoms with E-state index < -0.39 is 0 Å². The zero-order valence-corrected chi connectivity index (χ0v) is 12.1. The molecule has 1 saturated heterocycles. The minimum atomic E-state index is -0.241. The normalized spacial score (nSPS) is 17.0. The quantitative estimate of drug-likeness (QED) is 0.785. The van der Waals surface area contributed by atoms with Gasteiger partial charge in [0.2, 0.25) is 0 Å². The van der Waals surface area contributed by atoms with Crippen molar-refractivity contribution in [3.8, 4) is 0 Å². The van der Waals surface area contributed by atoms with Gasteiger partial charge in [0.25, 0.3) is 0 Å². The summed E-state index contributed by atoms with van der Waals surface area (Å²) >= 11 is 0. The fourth-order valence-corrected chi connectivity index (χ4v) is 2.95. The number of nitrogens with one attached hydrogen (secondary N) is 2. The van der Waals surface area contributed by atoms with E-state index in [-0.39, 0.29) is 5.82 Å². The lowest BCUT2D eigenvalue weighted by molar-refractivity contribution is 0.357. The van der Waals surface area contributed by atoms with Gasteiger partial charge in [-0.15, -0.1) is 0 Å². The number of rotatable bonds is 0. The second-order valence-corrected chi connectivity index (χ2v) is 5.48. The molecule has 1 fully saturated rings. The Hall–Kier alpha value is -2.40. The molecule has 0 saturated carbocycles. The average molecular weight is 296 g/mol. The monoisotopic (exact) mass is 296 g/mol. The van der Waals surface area contributed by atoms with Gasteiger partial charge in [0.1, 0.15) is 11.7 Å². The maximum Gasteiger partial charge on any atom is 0.141 e. The van der Waals surface area contributed by atoms with Crippen molar-refractivity contribution in [1.82, 2.24) is 10.2 Å². The van der Waals surface area contributed by atoms with E-state index in [4.69, 9.17) is 4.99 Å². The van der Waals surface area contributed by atoms with E-state index in [1.54, 1.807) is 6.07 Å². The molecule has 0 aromatic heterocycles. The Bertz CT molecular complexity index is 735. The van der Waals surface area contributed by atoms with Crippen LogP contribution in [-0.2, 0) is 0 Å². The van der Waals surface area contributed by atoms with E-state index in [1.807, 2.05) is 30.3 Å². The van der Waals surface area contributed by atoms with Crippen LogP contribution in [0.4, 0.5) is 21.5 Å². The smallest absolute Gasteiger partial charge is 0.141 e. The summed E-state index contributed by atoms with van der Waals surface area (Å²) in [5.74, 6) is 0.474. The SMILES string of the molecule is Fc1cccc2c1C(N1CCNCC1)=Nc1ccccc1N2. The first-order valence-corrected chi connectivity index (χ1v) is 7.52. The standard InChI is InChI=1S/C17H17FN4/c18-12-4-3-7-15-16(12)17(22-10-8-19-9-11-22)21-14-6-2-1-5-13(14)20-15/h1-7,19-20H,8-11H2. The lowest BCUT2D eigenvalue weighted by atomic mass is 10.1. The van der Waals surface area contributed by atoms with Gasteiger partial charge in [-0.3, -0.25) is 0 Å². The topological polar surface area (TPSA) is 39.7 Å². The van der Waals surface area contributed by atoms with Crippen molar-refractivity contribution in [2.45, 2.75) is 0 Å². The molecule has 22 heavy (non-hydrogen) atoms. The molecule has 0 atom stereocenters. The highest BCUT2D eigenvalue weighted by molar-refractivity contribution is 6.07. The minimum Gasteiger partial charge on any atom is -0.353 e. The van der Waals surface area contributed by atoms with E-state index in [9.17, 15) is 4.39 Å². The highest BCUT2D eigenvalue weighted by Gasteiger charge is 2.25. The number of hydrogen-bond donors (Lipinski definition) is 2. The van der Waals surface area contributed by atoms with Crippen LogP contribution in [0.5, 0.6) is 0 Å². The molecule has 2 aliphatic heterocycles. The third kappa shape index (κ3) is 2.23. The Morgan fingerprint density at radius 3 is 2.59 bits per heavy atom. The van der Waals surface area contributed by atoms with Gasteiger partial charge >= 0.3 is 0 Å². The molecule has 4 rings (SSSR count). The summed E-state index contributed by atoms with van der Waals surface area (Å²) in [6, 6.07) is 12.9. The van der Waals surface area contributed by atoms with Gasteiger partial charge in [0.15, 0.2) is 0 Å². The molecular weight excluding hydrogens is 279 g/mol. The first-order valence-electron chi connectivity index (χ1n) is 7.52. The fraction of sp³-hybridized carbons (Fsp3) is 0.235. The summed E-state index contributed by atoms with van der Waals surface area (Å²) in [5.41, 5.74) is 3.06. The largest absolute Gasteiger partial charge is 0.353 e. The Morgan fingerprint density at radius 2 is 1.73 bits per heavy atom. The fourth-order valence-electron chi connectivity index (χ4n) is 2.95. The van der Waals surface area contributed by atoms with Crippen molar-refractivity contribution in [2.75, 3.05) is 31.5 Å². The van der Waals surface area contributed by atoms with Crippen LogP contribution in [0.25, 0.3) is 0 Å². The maximum atomic E-state index is 14.5. The van der Waals surface area contributed by atoms with Crippen LogP contribution in [0.1, 0.15) is 5.56 Å². The molecule has 2 aromatic carbocycles. The number of para-hydroxylation sites is 2. The molecule has 0 radical (unpaired) electrons. The number of nitrogens with zero attached hydrogens (tertiary/aromatic N) is 2. The van der Waals surface area contributed by atoms with E-state index in [1.165, 1.54) is 6.07 Å². The van der Waals surface area contributed by atoms with Gasteiger partial charge in [-0.25, -0.2) is 9.38 Å². The van der Waals surface area contributed by atoms with Crippen molar-refractivity contribution >= 4 is 22.9 Å². The van der Waals surface area contributed by atoms with Gasteiger partial charge in [-0.2, -0.15) is 0 Å². The number of aliphatic imine (C=N–C) groups is 1. The van der Waals surface area contributed by atoms with Crippen molar-refractivity contribution < 1.29 is 4.39 Å². The second kappa shape index (κ2) is 5.42. The maximum absolute atomic E-state index is 14.5. The third-order valence-electron chi connectivity index (χ3n) is 4.05. The summed E-state index contributed by atoms with van der Waals surface area (Å²) in [7, 11) is 0. The predicted molar refractivity (Wildman–Crippen MR) is 86.8 cm³/mol. The molecule has 112 valence electrons. The highest BCUT2D eigenvalue weighted by Crippen LogP contribution is 2.35. The van der Waals surface area contributed by atoms with Crippen LogP contribution in [-0.4, -0.2) is 36.9 Å². The predicted octanol–water partition coefficient (Wildman–Crippen LogP) is 2.87. The van der Waals surface area contributed by atoms with Crippen LogP contribution < -0.4 is 10.6 Å². The van der Waals surface area contributed by atoms with Crippen LogP contribution in [0.2, 0.25) is 0 Å². The summed E-state index contributed by atoms with van der Waals surface area (Å²) < 4.78 is 14.5. The number of hydrogen-bond acceptors (Lipinski definition) is 4. The number of benzene rings is 2. The van der Waals surface area contributed by atoms with Crippen molar-refractivity contribution in [1.29, 1.82) is 0 Å². The van der Waals surface area contributed by atoms with E-state index in [2.05, 4.69) is 15.5 Å². The number of piperazine rings is 1. The summed E-state index contributed by atoms with van der Waals surface area (Å²) in [6.45, 7) is 3.43. The van der Waals surface area contributed by atoms with Crippen molar-refractivity contribution in [3.05, 3.63) is 53.8 Å². The molecule has 2 heterocycles. The Morgan fingerprint density at radius 1 is 0.955 bits per heavy atom. The van der Waals surface area contributed by atoms with Crippen LogP contribution in [0.15, 0.2) is 47.5 Å². The molecule has 0 unspecified atom stereocenters. The summed E-state index contributed by atoms with van der Waals surface area (Å²) in [6.07, 6.45) is 0. The Balaban J connectivity index is 1.91. The van der Waals surface area contributed by atoms with Crippen LogP contribution in [0.3, 0.4) is 0 Å². The highest BCUT2D eigenvalue weighted by atomic mass is 19.1. The molecule has 2 aliphatic rings. The molecule has 2 aromatic rings. The molecular formula is C17H17FN4. The van der Waals surface area contributed by atoms with Gasteiger partial charge in [0, 0.05) is 26.2 Å². The molecule has 0 aliphatic carbocycles. The van der Waals surface area contributed by atoms with Gasteiger partial charge < -0.3 is 15.5 Å². The second-order valence-electron chi connectivity index (χ2n) is 5.48. The zero-order valence-electron chi connectivity index (χ0n) is 12.1. The van der Waals surface area contributed by atoms with E-state index in [0.717, 1.165) is 43.2 Å². The first-order chi connectivity index (χ1) is 10.8. The van der Waals surface area contributed by atoms with Gasteiger partial charge in [-0.1, -0.05) is 18.2 Å². The van der Waals surface area contributed by atoms with Crippen LogP contribution in [0, 0.1) is 5.82 Å². The lowest BCUT2D eigenvalue weighted by Crippen LogP contribution is -2.47. The Kier molecular flexibility index (Phi) is 3.27. The van der Waals surface area contributed by atoms with Gasteiger partial charge in [-0.05, 0) is 24.3 Å². The molecule has 0 bridgehead atoms. The van der Waals surface area contributed by atoms with Crippen molar-refractivity contribution in [2.24, 2.45) is 4.99 Å². The van der Waals surface area contributed by atoms with Crippen LogP contribution >= 0.6 is 0 Å². The Labute approximate surface area is 128 Å².